The third-order valence-electron chi connectivity index (χ3n) is 3.89. The zero-order valence-corrected chi connectivity index (χ0v) is 9.06. The molecule has 0 heterocycles. The van der Waals surface area contributed by atoms with Crippen LogP contribution in [0.15, 0.2) is 30.3 Å². The van der Waals surface area contributed by atoms with E-state index >= 15 is 0 Å². The molecule has 2 saturated carbocycles. The number of para-hydroxylation sites is 1. The van der Waals surface area contributed by atoms with Crippen LogP contribution in [0.2, 0.25) is 0 Å². The molecule has 1 heteroatoms. The molecule has 0 aromatic heterocycles. The summed E-state index contributed by atoms with van der Waals surface area (Å²) in [5.41, 5.74) is 0. The Balaban J connectivity index is 1.65. The average Bonchev–Trinajstić information content (AvgIpc) is 2.60. The minimum absolute atomic E-state index is 0.485. The van der Waals surface area contributed by atoms with Gasteiger partial charge in [-0.3, -0.25) is 0 Å². The highest BCUT2D eigenvalue weighted by Gasteiger charge is 2.34. The van der Waals surface area contributed by atoms with Crippen molar-refractivity contribution in [2.75, 3.05) is 0 Å². The molecule has 0 radical (unpaired) electrons. The lowest BCUT2D eigenvalue weighted by molar-refractivity contribution is 0.119. The number of ether oxygens (including phenoxy) is 1. The summed E-state index contributed by atoms with van der Waals surface area (Å²) in [5, 5.41) is 0. The fourth-order valence-corrected chi connectivity index (χ4v) is 3.23. The van der Waals surface area contributed by atoms with Crippen molar-refractivity contribution < 1.29 is 4.74 Å². The van der Waals surface area contributed by atoms with E-state index in [0.29, 0.717) is 6.10 Å². The van der Waals surface area contributed by atoms with Gasteiger partial charge in [0.25, 0.3) is 0 Å². The Morgan fingerprint density at radius 1 is 0.867 bits per heavy atom. The van der Waals surface area contributed by atoms with E-state index < -0.39 is 0 Å². The molecule has 15 heavy (non-hydrogen) atoms. The minimum atomic E-state index is 0.485. The highest BCUT2D eigenvalue weighted by atomic mass is 16.5. The van der Waals surface area contributed by atoms with Crippen LogP contribution in [0.25, 0.3) is 0 Å². The van der Waals surface area contributed by atoms with Gasteiger partial charge in [0.2, 0.25) is 0 Å². The first-order valence-corrected chi connectivity index (χ1v) is 6.12. The molecule has 3 rings (SSSR count). The van der Waals surface area contributed by atoms with Crippen LogP contribution in [-0.4, -0.2) is 6.10 Å². The Morgan fingerprint density at radius 2 is 1.53 bits per heavy atom. The molecule has 2 aliphatic carbocycles. The van der Waals surface area contributed by atoms with E-state index in [0.717, 1.165) is 17.6 Å². The smallest absolute Gasteiger partial charge is 0.119 e. The molecular weight excluding hydrogens is 184 g/mol. The number of hydrogen-bond donors (Lipinski definition) is 0. The molecule has 1 nitrogen and oxygen atoms in total. The predicted molar refractivity (Wildman–Crippen MR) is 60.9 cm³/mol. The standard InChI is InChI=1S/C14H18O/c1-2-4-13(5-3-1)15-14-9-11-6-7-12(8-11)10-14/h1-5,11-12,14H,6-10H2/t11-,12+,14?. The lowest BCUT2D eigenvalue weighted by atomic mass is 9.87. The van der Waals surface area contributed by atoms with E-state index in [1.807, 2.05) is 18.2 Å². The van der Waals surface area contributed by atoms with Crippen LogP contribution in [0.1, 0.15) is 32.1 Å². The maximum atomic E-state index is 6.04. The van der Waals surface area contributed by atoms with Crippen LogP contribution < -0.4 is 4.74 Å². The summed E-state index contributed by atoms with van der Waals surface area (Å²) >= 11 is 0. The number of fused-ring (bicyclic) bond motifs is 2. The molecular formula is C14H18O. The third-order valence-corrected chi connectivity index (χ3v) is 3.89. The van der Waals surface area contributed by atoms with Crippen molar-refractivity contribution >= 4 is 0 Å². The van der Waals surface area contributed by atoms with Gasteiger partial charge in [-0.2, -0.15) is 0 Å². The van der Waals surface area contributed by atoms with Crippen LogP contribution in [0.4, 0.5) is 0 Å². The van der Waals surface area contributed by atoms with Gasteiger partial charge in [-0.25, -0.2) is 0 Å². The third kappa shape index (κ3) is 2.01. The van der Waals surface area contributed by atoms with Gasteiger partial charge in [0.1, 0.15) is 5.75 Å². The predicted octanol–water partition coefficient (Wildman–Crippen LogP) is 3.64. The summed E-state index contributed by atoms with van der Waals surface area (Å²) in [7, 11) is 0. The van der Waals surface area contributed by atoms with E-state index in [2.05, 4.69) is 12.1 Å². The van der Waals surface area contributed by atoms with Gasteiger partial charge in [0, 0.05) is 0 Å². The highest BCUT2D eigenvalue weighted by Crippen LogP contribution is 2.42. The summed E-state index contributed by atoms with van der Waals surface area (Å²) in [4.78, 5) is 0. The zero-order valence-electron chi connectivity index (χ0n) is 9.06. The van der Waals surface area contributed by atoms with Crippen molar-refractivity contribution in [1.29, 1.82) is 0 Å². The molecule has 1 aromatic rings. The Morgan fingerprint density at radius 3 is 2.20 bits per heavy atom. The Labute approximate surface area is 91.5 Å². The minimum Gasteiger partial charge on any atom is -0.490 e. The number of benzene rings is 1. The first-order chi connectivity index (χ1) is 7.40. The fraction of sp³-hybridized carbons (Fsp3) is 0.571. The van der Waals surface area contributed by atoms with Crippen molar-refractivity contribution in [3.63, 3.8) is 0 Å². The van der Waals surface area contributed by atoms with E-state index in [9.17, 15) is 0 Å². The van der Waals surface area contributed by atoms with E-state index in [-0.39, 0.29) is 0 Å². The molecule has 2 bridgehead atoms. The summed E-state index contributed by atoms with van der Waals surface area (Å²) in [6.07, 6.45) is 7.41. The van der Waals surface area contributed by atoms with Crippen LogP contribution in [0, 0.1) is 11.8 Å². The van der Waals surface area contributed by atoms with Gasteiger partial charge in [-0.15, -0.1) is 0 Å². The SMILES string of the molecule is c1ccc(OC2C[C@H]3CC[C@@H](C2)C3)cc1. The molecule has 2 fully saturated rings. The fourth-order valence-electron chi connectivity index (χ4n) is 3.23. The van der Waals surface area contributed by atoms with Gasteiger partial charge in [0.05, 0.1) is 6.10 Å². The second-order valence-corrected chi connectivity index (χ2v) is 5.07. The second kappa shape index (κ2) is 3.88. The maximum Gasteiger partial charge on any atom is 0.119 e. The molecule has 2 aliphatic rings. The Hall–Kier alpha value is -0.980. The van der Waals surface area contributed by atoms with E-state index in [4.69, 9.17) is 4.74 Å². The molecule has 1 aromatic carbocycles. The van der Waals surface area contributed by atoms with Crippen molar-refractivity contribution in [3.05, 3.63) is 30.3 Å². The molecule has 0 aliphatic heterocycles. The van der Waals surface area contributed by atoms with Crippen LogP contribution >= 0.6 is 0 Å². The Bertz CT molecular complexity index is 307. The van der Waals surface area contributed by atoms with Gasteiger partial charge in [0.15, 0.2) is 0 Å². The van der Waals surface area contributed by atoms with Crippen LogP contribution in [0.5, 0.6) is 5.75 Å². The first kappa shape index (κ1) is 9.26. The van der Waals surface area contributed by atoms with Crippen molar-refractivity contribution in [2.24, 2.45) is 11.8 Å². The normalized spacial score (nSPS) is 34.0. The molecule has 0 saturated heterocycles. The maximum absolute atomic E-state index is 6.04. The molecule has 0 N–H and O–H groups in total. The molecule has 3 atom stereocenters. The topological polar surface area (TPSA) is 9.23 Å². The lowest BCUT2D eigenvalue weighted by Gasteiger charge is -2.28. The summed E-state index contributed by atoms with van der Waals surface area (Å²) in [6.45, 7) is 0. The summed E-state index contributed by atoms with van der Waals surface area (Å²) < 4.78 is 6.04. The molecule has 80 valence electrons. The second-order valence-electron chi connectivity index (χ2n) is 5.07. The van der Waals surface area contributed by atoms with Crippen molar-refractivity contribution in [1.82, 2.24) is 0 Å². The largest absolute Gasteiger partial charge is 0.490 e. The zero-order chi connectivity index (χ0) is 10.1. The Kier molecular flexibility index (Phi) is 2.40. The molecule has 0 spiro atoms. The first-order valence-electron chi connectivity index (χ1n) is 6.12. The highest BCUT2D eigenvalue weighted by molar-refractivity contribution is 5.21. The van der Waals surface area contributed by atoms with Gasteiger partial charge in [-0.05, 0) is 43.2 Å². The van der Waals surface area contributed by atoms with Crippen LogP contribution in [-0.2, 0) is 0 Å². The van der Waals surface area contributed by atoms with Gasteiger partial charge >= 0.3 is 0 Å². The van der Waals surface area contributed by atoms with E-state index in [1.54, 1.807) is 0 Å². The van der Waals surface area contributed by atoms with E-state index in [1.165, 1.54) is 32.1 Å². The summed E-state index contributed by atoms with van der Waals surface area (Å²) in [6, 6.07) is 10.3. The number of hydrogen-bond acceptors (Lipinski definition) is 1. The van der Waals surface area contributed by atoms with Crippen LogP contribution in [0.3, 0.4) is 0 Å². The van der Waals surface area contributed by atoms with Crippen molar-refractivity contribution in [3.8, 4) is 5.75 Å². The molecule has 1 unspecified atom stereocenters. The van der Waals surface area contributed by atoms with Gasteiger partial charge < -0.3 is 4.74 Å². The monoisotopic (exact) mass is 202 g/mol. The summed E-state index contributed by atoms with van der Waals surface area (Å²) in [5.74, 6) is 2.96. The van der Waals surface area contributed by atoms with Gasteiger partial charge in [-0.1, -0.05) is 31.0 Å². The lowest BCUT2D eigenvalue weighted by Crippen LogP contribution is -2.25. The number of rotatable bonds is 2. The molecule has 0 amide bonds. The quantitative estimate of drug-likeness (QED) is 0.711. The van der Waals surface area contributed by atoms with Crippen molar-refractivity contribution in [2.45, 2.75) is 38.2 Å². The average molecular weight is 202 g/mol.